The van der Waals surface area contributed by atoms with Crippen LogP contribution in [0.1, 0.15) is 17.2 Å². The summed E-state index contributed by atoms with van der Waals surface area (Å²) in [5.74, 6) is 3.17. The minimum atomic E-state index is -0.934. The number of nitrogens with two attached hydrogens (primary N) is 1. The molecule has 2 aromatic carbocycles. The van der Waals surface area contributed by atoms with Gasteiger partial charge >= 0.3 is 0 Å². The third kappa shape index (κ3) is 3.20. The van der Waals surface area contributed by atoms with Gasteiger partial charge in [-0.3, -0.25) is 11.3 Å². The summed E-state index contributed by atoms with van der Waals surface area (Å²) in [6, 6.07) is 7.76. The molecule has 0 aliphatic carbocycles. The minimum absolute atomic E-state index is 0.132. The van der Waals surface area contributed by atoms with Crippen molar-refractivity contribution in [3.05, 3.63) is 69.4 Å². The fourth-order valence-electron chi connectivity index (χ4n) is 1.95. The lowest BCUT2D eigenvalue weighted by molar-refractivity contribution is 0.464. The highest BCUT2D eigenvalue weighted by molar-refractivity contribution is 9.10. The second-order valence-corrected chi connectivity index (χ2v) is 5.17. The van der Waals surface area contributed by atoms with E-state index in [-0.39, 0.29) is 11.4 Å². The van der Waals surface area contributed by atoms with Crippen molar-refractivity contribution < 1.29 is 13.2 Å². The number of hydrogen-bond acceptors (Lipinski definition) is 2. The summed E-state index contributed by atoms with van der Waals surface area (Å²) >= 11 is 3.08. The first-order valence-corrected chi connectivity index (χ1v) is 6.66. The van der Waals surface area contributed by atoms with Crippen LogP contribution in [0.2, 0.25) is 0 Å². The van der Waals surface area contributed by atoms with Crippen molar-refractivity contribution in [1.82, 2.24) is 5.43 Å². The van der Waals surface area contributed by atoms with Gasteiger partial charge in [0.1, 0.15) is 5.82 Å². The maximum absolute atomic E-state index is 13.7. The summed E-state index contributed by atoms with van der Waals surface area (Å²) in [6.45, 7) is 0. The zero-order valence-corrected chi connectivity index (χ0v) is 11.9. The molecule has 2 nitrogen and oxygen atoms in total. The van der Waals surface area contributed by atoms with Crippen LogP contribution < -0.4 is 11.3 Å². The average Bonchev–Trinajstić information content (AvgIpc) is 2.43. The van der Waals surface area contributed by atoms with E-state index in [0.29, 0.717) is 10.9 Å². The molecule has 0 fully saturated rings. The van der Waals surface area contributed by atoms with Gasteiger partial charge in [-0.05, 0) is 46.1 Å². The van der Waals surface area contributed by atoms with Gasteiger partial charge in [0.15, 0.2) is 11.6 Å². The van der Waals surface area contributed by atoms with Crippen molar-refractivity contribution >= 4 is 15.9 Å². The molecule has 0 spiro atoms. The second-order valence-electron chi connectivity index (χ2n) is 4.31. The van der Waals surface area contributed by atoms with Gasteiger partial charge in [-0.25, -0.2) is 13.2 Å². The number of hydrogen-bond donors (Lipinski definition) is 2. The van der Waals surface area contributed by atoms with E-state index in [9.17, 15) is 13.2 Å². The lowest BCUT2D eigenvalue weighted by Crippen LogP contribution is -2.30. The van der Waals surface area contributed by atoms with E-state index >= 15 is 0 Å². The first-order valence-electron chi connectivity index (χ1n) is 5.87. The van der Waals surface area contributed by atoms with E-state index in [1.807, 2.05) is 0 Å². The fourth-order valence-corrected chi connectivity index (χ4v) is 2.38. The molecule has 0 bridgehead atoms. The Morgan fingerprint density at radius 2 is 1.85 bits per heavy atom. The predicted molar refractivity (Wildman–Crippen MR) is 74.2 cm³/mol. The molecule has 0 aliphatic rings. The van der Waals surface area contributed by atoms with Crippen LogP contribution in [-0.4, -0.2) is 0 Å². The molecule has 106 valence electrons. The van der Waals surface area contributed by atoms with Gasteiger partial charge in [-0.15, -0.1) is 0 Å². The van der Waals surface area contributed by atoms with Gasteiger partial charge in [0.2, 0.25) is 0 Å². The highest BCUT2D eigenvalue weighted by Gasteiger charge is 2.18. The zero-order valence-electron chi connectivity index (χ0n) is 10.3. The predicted octanol–water partition coefficient (Wildman–Crippen LogP) is 3.61. The van der Waals surface area contributed by atoms with E-state index < -0.39 is 17.7 Å². The summed E-state index contributed by atoms with van der Waals surface area (Å²) in [6.07, 6.45) is 0.301. The molecular formula is C14H12BrF3N2. The number of hydrazine groups is 1. The van der Waals surface area contributed by atoms with Gasteiger partial charge < -0.3 is 0 Å². The summed E-state index contributed by atoms with van der Waals surface area (Å²) in [5.41, 5.74) is 3.33. The van der Waals surface area contributed by atoms with E-state index in [4.69, 9.17) is 5.84 Å². The monoisotopic (exact) mass is 344 g/mol. The smallest absolute Gasteiger partial charge is 0.163 e. The Labute approximate surface area is 122 Å². The van der Waals surface area contributed by atoms with Crippen molar-refractivity contribution in [2.75, 3.05) is 0 Å². The Morgan fingerprint density at radius 3 is 2.50 bits per heavy atom. The van der Waals surface area contributed by atoms with Crippen molar-refractivity contribution in [3.63, 3.8) is 0 Å². The van der Waals surface area contributed by atoms with E-state index in [0.717, 1.165) is 11.6 Å². The Morgan fingerprint density at radius 1 is 1.10 bits per heavy atom. The lowest BCUT2D eigenvalue weighted by atomic mass is 9.99. The lowest BCUT2D eigenvalue weighted by Gasteiger charge is -2.17. The maximum atomic E-state index is 13.7. The number of benzene rings is 2. The molecule has 0 amide bonds. The summed E-state index contributed by atoms with van der Waals surface area (Å²) in [5, 5.41) is 0. The Hall–Kier alpha value is -1.37. The molecule has 1 atom stereocenters. The zero-order chi connectivity index (χ0) is 14.7. The van der Waals surface area contributed by atoms with Crippen LogP contribution in [0.15, 0.2) is 40.9 Å². The van der Waals surface area contributed by atoms with Gasteiger partial charge in [-0.2, -0.15) is 0 Å². The minimum Gasteiger partial charge on any atom is -0.271 e. The molecule has 20 heavy (non-hydrogen) atoms. The fraction of sp³-hybridized carbons (Fsp3) is 0.143. The van der Waals surface area contributed by atoms with Crippen molar-refractivity contribution in [2.45, 2.75) is 12.5 Å². The number of nitrogens with one attached hydrogen (secondary N) is 1. The van der Waals surface area contributed by atoms with E-state index in [2.05, 4.69) is 21.4 Å². The Bertz CT molecular complexity index is 619. The third-order valence-electron chi connectivity index (χ3n) is 2.98. The van der Waals surface area contributed by atoms with E-state index in [1.165, 1.54) is 18.2 Å². The highest BCUT2D eigenvalue weighted by atomic mass is 79.9. The SMILES string of the molecule is NNC(Cc1ccc(F)c(Br)c1)c1cccc(F)c1F. The topological polar surface area (TPSA) is 38.0 Å². The molecule has 0 aromatic heterocycles. The second kappa shape index (κ2) is 6.39. The van der Waals surface area contributed by atoms with Crippen LogP contribution >= 0.6 is 15.9 Å². The van der Waals surface area contributed by atoms with Gasteiger partial charge in [0.05, 0.1) is 10.5 Å². The largest absolute Gasteiger partial charge is 0.271 e. The third-order valence-corrected chi connectivity index (χ3v) is 3.59. The van der Waals surface area contributed by atoms with E-state index in [1.54, 1.807) is 12.1 Å². The van der Waals surface area contributed by atoms with Crippen LogP contribution in [0.25, 0.3) is 0 Å². The molecule has 3 N–H and O–H groups in total. The van der Waals surface area contributed by atoms with Crippen LogP contribution in [0.5, 0.6) is 0 Å². The Kier molecular flexibility index (Phi) is 4.80. The molecule has 1 unspecified atom stereocenters. The van der Waals surface area contributed by atoms with Crippen molar-refractivity contribution in [1.29, 1.82) is 0 Å². The molecule has 2 rings (SSSR count). The summed E-state index contributed by atoms with van der Waals surface area (Å²) in [7, 11) is 0. The summed E-state index contributed by atoms with van der Waals surface area (Å²) < 4.78 is 40.4. The first kappa shape index (κ1) is 15.0. The normalized spacial score (nSPS) is 12.4. The molecule has 0 heterocycles. The van der Waals surface area contributed by atoms with Crippen LogP contribution in [0, 0.1) is 17.5 Å². The van der Waals surface area contributed by atoms with Crippen LogP contribution in [-0.2, 0) is 6.42 Å². The average molecular weight is 345 g/mol. The molecule has 2 aromatic rings. The molecule has 0 saturated heterocycles. The van der Waals surface area contributed by atoms with Gasteiger partial charge in [0.25, 0.3) is 0 Å². The van der Waals surface area contributed by atoms with Crippen LogP contribution in [0.4, 0.5) is 13.2 Å². The van der Waals surface area contributed by atoms with Crippen LogP contribution in [0.3, 0.4) is 0 Å². The first-order chi connectivity index (χ1) is 9.52. The molecule has 6 heteroatoms. The molecule has 0 radical (unpaired) electrons. The highest BCUT2D eigenvalue weighted by Crippen LogP contribution is 2.24. The summed E-state index contributed by atoms with van der Waals surface area (Å²) in [4.78, 5) is 0. The maximum Gasteiger partial charge on any atom is 0.163 e. The number of halogens is 4. The molecule has 0 aliphatic heterocycles. The standard InChI is InChI=1S/C14H12BrF3N2/c15-10-6-8(4-5-11(10)16)7-13(20-19)9-2-1-3-12(17)14(9)18/h1-6,13,20H,7,19H2. The van der Waals surface area contributed by atoms with Crippen molar-refractivity contribution in [2.24, 2.45) is 5.84 Å². The molecular weight excluding hydrogens is 333 g/mol. The van der Waals surface area contributed by atoms with Gasteiger partial charge in [-0.1, -0.05) is 18.2 Å². The van der Waals surface area contributed by atoms with Gasteiger partial charge in [0, 0.05) is 5.56 Å². The molecule has 0 saturated carbocycles. The quantitative estimate of drug-likeness (QED) is 0.656. The Balaban J connectivity index is 2.28. The van der Waals surface area contributed by atoms with Crippen molar-refractivity contribution in [3.8, 4) is 0 Å². The number of rotatable bonds is 4.